The summed E-state index contributed by atoms with van der Waals surface area (Å²) in [6, 6.07) is 4.13. The predicted molar refractivity (Wildman–Crippen MR) is 72.9 cm³/mol. The van der Waals surface area contributed by atoms with Crippen molar-refractivity contribution in [1.29, 1.82) is 0 Å². The van der Waals surface area contributed by atoms with E-state index in [1.165, 1.54) is 0 Å². The average Bonchev–Trinajstić information content (AvgIpc) is 2.28. The van der Waals surface area contributed by atoms with Crippen molar-refractivity contribution in [2.75, 3.05) is 27.7 Å². The highest BCUT2D eigenvalue weighted by atomic mass is 16.5. The molecule has 18 heavy (non-hydrogen) atoms. The van der Waals surface area contributed by atoms with Crippen molar-refractivity contribution < 1.29 is 9.53 Å². The molecule has 0 bridgehead atoms. The van der Waals surface area contributed by atoms with Crippen LogP contribution in [0.5, 0.6) is 5.75 Å². The molecule has 4 heteroatoms. The lowest BCUT2D eigenvalue weighted by atomic mass is 10.1. The third kappa shape index (κ3) is 3.47. The highest BCUT2D eigenvalue weighted by Crippen LogP contribution is 2.24. The third-order valence-corrected chi connectivity index (χ3v) is 2.90. The van der Waals surface area contributed by atoms with Gasteiger partial charge in [-0.3, -0.25) is 4.79 Å². The van der Waals surface area contributed by atoms with Gasteiger partial charge in [0.1, 0.15) is 5.75 Å². The van der Waals surface area contributed by atoms with E-state index < -0.39 is 0 Å². The molecule has 0 aliphatic rings. The van der Waals surface area contributed by atoms with Gasteiger partial charge < -0.3 is 15.0 Å². The topological polar surface area (TPSA) is 41.6 Å². The van der Waals surface area contributed by atoms with Crippen LogP contribution < -0.4 is 10.1 Å². The first-order valence-corrected chi connectivity index (χ1v) is 6.02. The molecule has 1 amide bonds. The van der Waals surface area contributed by atoms with E-state index in [4.69, 9.17) is 4.74 Å². The van der Waals surface area contributed by atoms with E-state index in [0.29, 0.717) is 13.1 Å². The molecule has 0 saturated carbocycles. The zero-order valence-corrected chi connectivity index (χ0v) is 11.8. The summed E-state index contributed by atoms with van der Waals surface area (Å²) in [5.41, 5.74) is 3.32. The molecule has 1 aromatic rings. The molecule has 0 fully saturated rings. The standard InChI is InChI=1S/C14H22N2O2/c1-10-6-12(7-11(2)14(10)18-5)9-16(4)13(17)8-15-3/h6-7,15H,8-9H2,1-5H3. The van der Waals surface area contributed by atoms with Gasteiger partial charge in [0.2, 0.25) is 5.91 Å². The third-order valence-electron chi connectivity index (χ3n) is 2.90. The van der Waals surface area contributed by atoms with Gasteiger partial charge in [-0.25, -0.2) is 0 Å². The zero-order valence-electron chi connectivity index (χ0n) is 11.8. The normalized spacial score (nSPS) is 10.3. The van der Waals surface area contributed by atoms with Crippen molar-refractivity contribution in [3.63, 3.8) is 0 Å². The molecule has 0 aromatic heterocycles. The molecule has 0 spiro atoms. The summed E-state index contributed by atoms with van der Waals surface area (Å²) in [7, 11) is 5.26. The van der Waals surface area contributed by atoms with Crippen LogP contribution in [0.3, 0.4) is 0 Å². The van der Waals surface area contributed by atoms with Crippen LogP contribution in [0.4, 0.5) is 0 Å². The van der Waals surface area contributed by atoms with E-state index in [0.717, 1.165) is 22.4 Å². The summed E-state index contributed by atoms with van der Waals surface area (Å²) in [6.07, 6.45) is 0. The average molecular weight is 250 g/mol. The monoisotopic (exact) mass is 250 g/mol. The van der Waals surface area contributed by atoms with Crippen LogP contribution in [-0.4, -0.2) is 38.6 Å². The number of hydrogen-bond donors (Lipinski definition) is 1. The number of nitrogens with one attached hydrogen (secondary N) is 1. The Labute approximate surface area is 109 Å². The molecular weight excluding hydrogens is 228 g/mol. The summed E-state index contributed by atoms with van der Waals surface area (Å²) < 4.78 is 5.33. The fraction of sp³-hybridized carbons (Fsp3) is 0.500. The first-order valence-electron chi connectivity index (χ1n) is 6.02. The Morgan fingerprint density at radius 3 is 2.33 bits per heavy atom. The number of carbonyl (C=O) groups excluding carboxylic acids is 1. The van der Waals surface area contributed by atoms with Gasteiger partial charge in [-0.1, -0.05) is 12.1 Å². The number of likely N-dealkylation sites (N-methyl/N-ethyl adjacent to an activating group) is 2. The maximum atomic E-state index is 11.7. The van der Waals surface area contributed by atoms with E-state index in [1.54, 1.807) is 19.1 Å². The number of carbonyl (C=O) groups is 1. The number of amides is 1. The minimum absolute atomic E-state index is 0.0867. The van der Waals surface area contributed by atoms with Crippen molar-refractivity contribution in [2.45, 2.75) is 20.4 Å². The first-order chi connectivity index (χ1) is 8.49. The number of hydrogen-bond acceptors (Lipinski definition) is 3. The fourth-order valence-electron chi connectivity index (χ4n) is 2.10. The Bertz CT molecular complexity index is 407. The largest absolute Gasteiger partial charge is 0.496 e. The predicted octanol–water partition coefficient (Wildman–Crippen LogP) is 1.49. The summed E-state index contributed by atoms with van der Waals surface area (Å²) in [6.45, 7) is 5.02. The van der Waals surface area contributed by atoms with Gasteiger partial charge in [0.15, 0.2) is 0 Å². The smallest absolute Gasteiger partial charge is 0.236 e. The molecule has 1 aromatic carbocycles. The molecule has 1 rings (SSSR count). The van der Waals surface area contributed by atoms with Crippen molar-refractivity contribution in [2.24, 2.45) is 0 Å². The lowest BCUT2D eigenvalue weighted by molar-refractivity contribution is -0.129. The second kappa shape index (κ2) is 6.40. The highest BCUT2D eigenvalue weighted by Gasteiger charge is 2.10. The van der Waals surface area contributed by atoms with Crippen LogP contribution in [0.2, 0.25) is 0 Å². The van der Waals surface area contributed by atoms with Crippen LogP contribution in [0.25, 0.3) is 0 Å². The lowest BCUT2D eigenvalue weighted by Crippen LogP contribution is -2.33. The molecule has 0 heterocycles. The minimum Gasteiger partial charge on any atom is -0.496 e. The maximum Gasteiger partial charge on any atom is 0.236 e. The van der Waals surface area contributed by atoms with Crippen LogP contribution in [-0.2, 0) is 11.3 Å². The Hall–Kier alpha value is -1.55. The van der Waals surface area contributed by atoms with Crippen molar-refractivity contribution >= 4 is 5.91 Å². The molecule has 4 nitrogen and oxygen atoms in total. The lowest BCUT2D eigenvalue weighted by Gasteiger charge is -2.18. The molecular formula is C14H22N2O2. The molecule has 0 aliphatic carbocycles. The molecule has 0 radical (unpaired) electrons. The Morgan fingerprint density at radius 1 is 1.33 bits per heavy atom. The summed E-state index contributed by atoms with van der Waals surface area (Å²) >= 11 is 0. The van der Waals surface area contributed by atoms with Crippen LogP contribution in [0, 0.1) is 13.8 Å². The van der Waals surface area contributed by atoms with Gasteiger partial charge in [-0.15, -0.1) is 0 Å². The molecule has 0 aliphatic heterocycles. The van der Waals surface area contributed by atoms with E-state index >= 15 is 0 Å². The van der Waals surface area contributed by atoms with E-state index in [9.17, 15) is 4.79 Å². The van der Waals surface area contributed by atoms with Gasteiger partial charge in [-0.2, -0.15) is 0 Å². The molecule has 0 atom stereocenters. The summed E-state index contributed by atoms with van der Waals surface area (Å²) in [4.78, 5) is 13.4. The van der Waals surface area contributed by atoms with Crippen LogP contribution >= 0.6 is 0 Å². The van der Waals surface area contributed by atoms with Crippen LogP contribution in [0.1, 0.15) is 16.7 Å². The van der Waals surface area contributed by atoms with E-state index in [1.807, 2.05) is 20.9 Å². The number of nitrogens with zero attached hydrogens (tertiary/aromatic N) is 1. The molecule has 0 saturated heterocycles. The number of ether oxygens (including phenoxy) is 1. The van der Waals surface area contributed by atoms with E-state index in [-0.39, 0.29) is 5.91 Å². The fourth-order valence-corrected chi connectivity index (χ4v) is 2.10. The minimum atomic E-state index is 0.0867. The zero-order chi connectivity index (χ0) is 13.7. The van der Waals surface area contributed by atoms with Gasteiger partial charge in [0.25, 0.3) is 0 Å². The van der Waals surface area contributed by atoms with Crippen molar-refractivity contribution in [3.8, 4) is 5.75 Å². The number of methoxy groups -OCH3 is 1. The van der Waals surface area contributed by atoms with Gasteiger partial charge in [0.05, 0.1) is 13.7 Å². The second-order valence-electron chi connectivity index (χ2n) is 4.54. The van der Waals surface area contributed by atoms with E-state index in [2.05, 4.69) is 17.4 Å². The highest BCUT2D eigenvalue weighted by molar-refractivity contribution is 5.77. The van der Waals surface area contributed by atoms with Crippen molar-refractivity contribution in [1.82, 2.24) is 10.2 Å². The second-order valence-corrected chi connectivity index (χ2v) is 4.54. The summed E-state index contributed by atoms with van der Waals surface area (Å²) in [5.74, 6) is 1.01. The quantitative estimate of drug-likeness (QED) is 0.861. The maximum absolute atomic E-state index is 11.7. The summed E-state index contributed by atoms with van der Waals surface area (Å²) in [5, 5.41) is 2.86. The molecule has 1 N–H and O–H groups in total. The van der Waals surface area contributed by atoms with Crippen molar-refractivity contribution in [3.05, 3.63) is 28.8 Å². The molecule has 100 valence electrons. The number of aryl methyl sites for hydroxylation is 2. The van der Waals surface area contributed by atoms with Crippen LogP contribution in [0.15, 0.2) is 12.1 Å². The Morgan fingerprint density at radius 2 is 1.89 bits per heavy atom. The van der Waals surface area contributed by atoms with Gasteiger partial charge in [0, 0.05) is 13.6 Å². The SMILES string of the molecule is CNCC(=O)N(C)Cc1cc(C)c(OC)c(C)c1. The van der Waals surface area contributed by atoms with Gasteiger partial charge in [-0.05, 0) is 37.6 Å². The number of rotatable bonds is 5. The number of benzene rings is 1. The first kappa shape index (κ1) is 14.5. The molecule has 0 unspecified atom stereocenters. The Balaban J connectivity index is 2.83. The Kier molecular flexibility index (Phi) is 5.16. The van der Waals surface area contributed by atoms with Gasteiger partial charge >= 0.3 is 0 Å².